The van der Waals surface area contributed by atoms with E-state index in [2.05, 4.69) is 5.32 Å². The first-order valence-corrected chi connectivity index (χ1v) is 9.48. The van der Waals surface area contributed by atoms with Gasteiger partial charge >= 0.3 is 11.9 Å². The van der Waals surface area contributed by atoms with Gasteiger partial charge in [-0.15, -0.1) is 0 Å². The lowest BCUT2D eigenvalue weighted by molar-refractivity contribution is -0.168. The van der Waals surface area contributed by atoms with Crippen LogP contribution in [0.1, 0.15) is 37.8 Å². The first-order chi connectivity index (χ1) is 13.9. The van der Waals surface area contributed by atoms with Gasteiger partial charge in [-0.2, -0.15) is 0 Å². The van der Waals surface area contributed by atoms with E-state index in [9.17, 15) is 14.4 Å². The molecule has 2 aromatic rings. The monoisotopic (exact) mass is 396 g/mol. The van der Waals surface area contributed by atoms with Crippen molar-refractivity contribution in [2.75, 3.05) is 18.9 Å². The van der Waals surface area contributed by atoms with Crippen LogP contribution in [0.3, 0.4) is 0 Å². The SMILES string of the molecule is CCOC(=O)C(NC(C)=O)(C(=O)OCC)[C@H]1c2ccccc2-c2ccc(N)cc21. The number of fused-ring (bicyclic) bond motifs is 3. The average Bonchev–Trinajstić information content (AvgIpc) is 3.00. The number of nitrogen functional groups attached to an aromatic ring is 1. The van der Waals surface area contributed by atoms with Gasteiger partial charge in [-0.25, -0.2) is 9.59 Å². The van der Waals surface area contributed by atoms with Gasteiger partial charge in [0.15, 0.2) is 0 Å². The second kappa shape index (κ2) is 7.95. The zero-order valence-corrected chi connectivity index (χ0v) is 16.7. The second-order valence-electron chi connectivity index (χ2n) is 6.80. The third-order valence-electron chi connectivity index (χ3n) is 4.95. The molecule has 0 fully saturated rings. The maximum atomic E-state index is 13.2. The molecule has 0 saturated heterocycles. The molecule has 1 amide bonds. The predicted octanol–water partition coefficient (Wildman–Crippen LogP) is 2.38. The molecule has 0 aliphatic heterocycles. The number of anilines is 1. The fourth-order valence-electron chi connectivity index (χ4n) is 3.95. The summed E-state index contributed by atoms with van der Waals surface area (Å²) in [5, 5.41) is 2.58. The Labute approximate surface area is 169 Å². The smallest absolute Gasteiger partial charge is 0.344 e. The molecule has 1 aliphatic rings. The molecule has 0 saturated carbocycles. The molecule has 0 heterocycles. The van der Waals surface area contributed by atoms with E-state index in [0.29, 0.717) is 16.8 Å². The van der Waals surface area contributed by atoms with Crippen LogP contribution in [0.5, 0.6) is 0 Å². The lowest BCUT2D eigenvalue weighted by Gasteiger charge is -2.35. The van der Waals surface area contributed by atoms with E-state index < -0.39 is 29.3 Å². The maximum Gasteiger partial charge on any atom is 0.344 e. The van der Waals surface area contributed by atoms with Crippen molar-refractivity contribution in [2.45, 2.75) is 32.2 Å². The highest BCUT2D eigenvalue weighted by Gasteiger charge is 2.59. The fraction of sp³-hybridized carbons (Fsp3) is 0.318. The maximum absolute atomic E-state index is 13.2. The molecule has 2 aromatic carbocycles. The Hall–Kier alpha value is -3.35. The van der Waals surface area contributed by atoms with Gasteiger partial charge in [-0.1, -0.05) is 30.3 Å². The minimum absolute atomic E-state index is 0.0394. The van der Waals surface area contributed by atoms with Crippen molar-refractivity contribution >= 4 is 23.5 Å². The van der Waals surface area contributed by atoms with E-state index in [-0.39, 0.29) is 13.2 Å². The number of hydrogen-bond acceptors (Lipinski definition) is 6. The topological polar surface area (TPSA) is 108 Å². The Morgan fingerprint density at radius 2 is 1.55 bits per heavy atom. The highest BCUT2D eigenvalue weighted by atomic mass is 16.6. The van der Waals surface area contributed by atoms with Crippen LogP contribution >= 0.6 is 0 Å². The van der Waals surface area contributed by atoms with Crippen LogP contribution in [0.4, 0.5) is 5.69 Å². The summed E-state index contributed by atoms with van der Waals surface area (Å²) in [5.74, 6) is -3.15. The van der Waals surface area contributed by atoms with Gasteiger partial charge in [0, 0.05) is 12.6 Å². The quantitative estimate of drug-likeness (QED) is 0.441. The van der Waals surface area contributed by atoms with E-state index in [1.807, 2.05) is 30.3 Å². The lowest BCUT2D eigenvalue weighted by Crippen LogP contribution is -2.64. The number of nitrogens with one attached hydrogen (secondary N) is 1. The zero-order valence-electron chi connectivity index (χ0n) is 16.7. The molecule has 0 bridgehead atoms. The van der Waals surface area contributed by atoms with Crippen molar-refractivity contribution in [3.8, 4) is 11.1 Å². The van der Waals surface area contributed by atoms with E-state index in [1.165, 1.54) is 6.92 Å². The summed E-state index contributed by atoms with van der Waals surface area (Å²) < 4.78 is 10.5. The van der Waals surface area contributed by atoms with E-state index >= 15 is 0 Å². The molecule has 7 heteroatoms. The van der Waals surface area contributed by atoms with E-state index in [4.69, 9.17) is 15.2 Å². The number of esters is 2. The summed E-state index contributed by atoms with van der Waals surface area (Å²) in [7, 11) is 0. The van der Waals surface area contributed by atoms with Gasteiger partial charge in [0.05, 0.1) is 19.1 Å². The van der Waals surface area contributed by atoms with E-state index in [1.54, 1.807) is 26.0 Å². The van der Waals surface area contributed by atoms with Crippen LogP contribution in [-0.2, 0) is 23.9 Å². The molecular formula is C22H24N2O5. The van der Waals surface area contributed by atoms with Crippen LogP contribution in [0.15, 0.2) is 42.5 Å². The average molecular weight is 396 g/mol. The molecular weight excluding hydrogens is 372 g/mol. The number of carbonyl (C=O) groups excluding carboxylic acids is 3. The molecule has 152 valence electrons. The number of ether oxygens (including phenoxy) is 2. The molecule has 29 heavy (non-hydrogen) atoms. The normalized spacial score (nSPS) is 14.5. The molecule has 1 aliphatic carbocycles. The van der Waals surface area contributed by atoms with Crippen molar-refractivity contribution in [2.24, 2.45) is 0 Å². The molecule has 0 aromatic heterocycles. The summed E-state index contributed by atoms with van der Waals surface area (Å²) >= 11 is 0. The van der Waals surface area contributed by atoms with Gasteiger partial charge in [0.25, 0.3) is 0 Å². The first-order valence-electron chi connectivity index (χ1n) is 9.48. The van der Waals surface area contributed by atoms with Crippen molar-refractivity contribution in [3.05, 3.63) is 53.6 Å². The van der Waals surface area contributed by atoms with Crippen LogP contribution in [-0.4, -0.2) is 36.6 Å². The minimum Gasteiger partial charge on any atom is -0.464 e. The highest BCUT2D eigenvalue weighted by Crippen LogP contribution is 2.50. The molecule has 0 radical (unpaired) electrons. The van der Waals surface area contributed by atoms with Gasteiger partial charge < -0.3 is 20.5 Å². The van der Waals surface area contributed by atoms with Gasteiger partial charge in [-0.3, -0.25) is 4.79 Å². The number of rotatable bonds is 6. The third kappa shape index (κ3) is 3.33. The summed E-state index contributed by atoms with van der Waals surface area (Å²) in [4.78, 5) is 38.7. The Morgan fingerprint density at radius 3 is 2.14 bits per heavy atom. The number of amides is 1. The Balaban J connectivity index is 2.35. The summed E-state index contributed by atoms with van der Waals surface area (Å²) in [6, 6.07) is 12.7. The van der Waals surface area contributed by atoms with Crippen molar-refractivity contribution in [3.63, 3.8) is 0 Å². The Bertz CT molecular complexity index is 951. The van der Waals surface area contributed by atoms with Crippen molar-refractivity contribution < 1.29 is 23.9 Å². The van der Waals surface area contributed by atoms with Gasteiger partial charge in [-0.05, 0) is 48.2 Å². The summed E-state index contributed by atoms with van der Waals surface area (Å²) in [5.41, 5.74) is 7.48. The summed E-state index contributed by atoms with van der Waals surface area (Å²) in [6.45, 7) is 4.59. The predicted molar refractivity (Wildman–Crippen MR) is 108 cm³/mol. The molecule has 7 nitrogen and oxygen atoms in total. The van der Waals surface area contributed by atoms with Crippen molar-refractivity contribution in [1.29, 1.82) is 0 Å². The first kappa shape index (κ1) is 20.4. The van der Waals surface area contributed by atoms with Crippen molar-refractivity contribution in [1.82, 2.24) is 5.32 Å². The zero-order chi connectivity index (χ0) is 21.2. The number of benzene rings is 2. The molecule has 3 N–H and O–H groups in total. The molecule has 0 unspecified atom stereocenters. The fourth-order valence-corrected chi connectivity index (χ4v) is 3.95. The lowest BCUT2D eigenvalue weighted by atomic mass is 9.77. The number of nitrogens with two attached hydrogens (primary N) is 1. The van der Waals surface area contributed by atoms with Crippen LogP contribution in [0.2, 0.25) is 0 Å². The molecule has 0 spiro atoms. The van der Waals surface area contributed by atoms with Gasteiger partial charge in [0.1, 0.15) is 0 Å². The third-order valence-corrected chi connectivity index (χ3v) is 4.95. The Kier molecular flexibility index (Phi) is 5.59. The minimum atomic E-state index is -2.08. The molecule has 1 atom stereocenters. The van der Waals surface area contributed by atoms with Crippen LogP contribution in [0, 0.1) is 0 Å². The Morgan fingerprint density at radius 1 is 0.966 bits per heavy atom. The largest absolute Gasteiger partial charge is 0.464 e. The summed E-state index contributed by atoms with van der Waals surface area (Å²) in [6.07, 6.45) is 0. The number of carbonyl (C=O) groups is 3. The standard InChI is InChI=1S/C22H24N2O5/c1-4-28-20(26)22(24-13(3)25,21(27)29-5-2)19-17-9-7-6-8-15(17)16-11-10-14(23)12-18(16)19/h6-12,19H,4-5,23H2,1-3H3,(H,24,25)/t19-/m0/s1. The van der Waals surface area contributed by atoms with Gasteiger partial charge in [0.2, 0.25) is 11.4 Å². The highest BCUT2D eigenvalue weighted by molar-refractivity contribution is 6.10. The van der Waals surface area contributed by atoms with Crippen LogP contribution in [0.25, 0.3) is 11.1 Å². The van der Waals surface area contributed by atoms with Crippen LogP contribution < -0.4 is 11.1 Å². The molecule has 3 rings (SSSR count). The van der Waals surface area contributed by atoms with E-state index in [0.717, 1.165) is 11.1 Å². The second-order valence-corrected chi connectivity index (χ2v) is 6.80. The number of hydrogen-bond donors (Lipinski definition) is 2.